The molecule has 0 radical (unpaired) electrons. The van der Waals surface area contributed by atoms with E-state index in [1.165, 1.54) is 7.11 Å². The zero-order valence-corrected chi connectivity index (χ0v) is 14.8. The highest BCUT2D eigenvalue weighted by molar-refractivity contribution is 6.33. The van der Waals surface area contributed by atoms with E-state index in [9.17, 15) is 4.79 Å². The van der Waals surface area contributed by atoms with E-state index in [1.807, 2.05) is 13.0 Å². The van der Waals surface area contributed by atoms with Crippen LogP contribution in [0.1, 0.15) is 18.5 Å². The van der Waals surface area contributed by atoms with Gasteiger partial charge in [-0.1, -0.05) is 29.8 Å². The van der Waals surface area contributed by atoms with Crippen LogP contribution in [0.15, 0.2) is 42.5 Å². The van der Waals surface area contributed by atoms with E-state index < -0.39 is 0 Å². The molecule has 0 saturated carbocycles. The van der Waals surface area contributed by atoms with Crippen LogP contribution in [0.2, 0.25) is 5.02 Å². The van der Waals surface area contributed by atoms with Crippen molar-refractivity contribution in [3.63, 3.8) is 0 Å². The second kappa shape index (κ2) is 9.15. The van der Waals surface area contributed by atoms with Gasteiger partial charge in [0.05, 0.1) is 30.5 Å². The van der Waals surface area contributed by atoms with E-state index in [0.29, 0.717) is 22.2 Å². The molecule has 2 aromatic rings. The summed E-state index contributed by atoms with van der Waals surface area (Å²) in [5.41, 5.74) is 1.39. The zero-order chi connectivity index (χ0) is 18.2. The molecule has 0 aromatic heterocycles. The van der Waals surface area contributed by atoms with Crippen LogP contribution in [-0.4, -0.2) is 31.5 Å². The number of hydrogen-bond acceptors (Lipinski definition) is 4. The number of urea groups is 1. The lowest BCUT2D eigenvalue weighted by Gasteiger charge is -2.17. The Labute approximate surface area is 151 Å². The van der Waals surface area contributed by atoms with Gasteiger partial charge in [0.2, 0.25) is 0 Å². The first-order valence-corrected chi connectivity index (χ1v) is 8.16. The number of halogens is 1. The highest BCUT2D eigenvalue weighted by atomic mass is 35.5. The Morgan fingerprint density at radius 3 is 2.68 bits per heavy atom. The van der Waals surface area contributed by atoms with Gasteiger partial charge >= 0.3 is 6.03 Å². The zero-order valence-electron chi connectivity index (χ0n) is 14.1. The van der Waals surface area contributed by atoms with E-state index >= 15 is 0 Å². The topological polar surface area (TPSA) is 79.8 Å². The number of methoxy groups -OCH3 is 1. The largest absolute Gasteiger partial charge is 0.493 e. The molecule has 0 aliphatic heterocycles. The van der Waals surface area contributed by atoms with Crippen LogP contribution >= 0.6 is 11.6 Å². The predicted molar refractivity (Wildman–Crippen MR) is 97.6 cm³/mol. The molecule has 2 amide bonds. The number of amides is 2. The fourth-order valence-electron chi connectivity index (χ4n) is 2.23. The Bertz CT molecular complexity index is 724. The van der Waals surface area contributed by atoms with Gasteiger partial charge in [-0.3, -0.25) is 0 Å². The number of nitrogens with one attached hydrogen (secondary N) is 2. The number of carbonyl (C=O) groups is 1. The number of benzene rings is 2. The third-order valence-corrected chi connectivity index (χ3v) is 3.84. The summed E-state index contributed by atoms with van der Waals surface area (Å²) in [5, 5.41) is 14.9. The fourth-order valence-corrected chi connectivity index (χ4v) is 2.41. The van der Waals surface area contributed by atoms with Crippen molar-refractivity contribution in [1.82, 2.24) is 5.32 Å². The molecular formula is C18H21ClN2O4. The van der Waals surface area contributed by atoms with Crippen LogP contribution in [0.5, 0.6) is 11.5 Å². The molecule has 0 bridgehead atoms. The third-order valence-electron chi connectivity index (χ3n) is 3.51. The van der Waals surface area contributed by atoms with Gasteiger partial charge < -0.3 is 25.2 Å². The first kappa shape index (κ1) is 18.9. The monoisotopic (exact) mass is 364 g/mol. The SMILES string of the molecule is COc1cc(C(C)NC(=O)Nc2ccccc2Cl)ccc1OCCO. The molecule has 3 N–H and O–H groups in total. The number of aliphatic hydroxyl groups excluding tert-OH is 1. The first-order chi connectivity index (χ1) is 12.0. The molecule has 0 aliphatic carbocycles. The molecule has 25 heavy (non-hydrogen) atoms. The summed E-state index contributed by atoms with van der Waals surface area (Å²) >= 11 is 6.03. The van der Waals surface area contributed by atoms with Crippen molar-refractivity contribution < 1.29 is 19.4 Å². The minimum atomic E-state index is -0.361. The highest BCUT2D eigenvalue weighted by Crippen LogP contribution is 2.30. The standard InChI is InChI=1S/C18H21ClN2O4/c1-12(20-18(23)21-15-6-4-3-5-14(15)19)13-7-8-16(25-10-9-22)17(11-13)24-2/h3-8,11-12,22H,9-10H2,1-2H3,(H2,20,21,23). The van der Waals surface area contributed by atoms with Crippen molar-refractivity contribution in [2.75, 3.05) is 25.6 Å². The number of aliphatic hydroxyl groups is 1. The molecule has 0 heterocycles. The number of rotatable bonds is 7. The van der Waals surface area contributed by atoms with Gasteiger partial charge in [-0.05, 0) is 36.8 Å². The van der Waals surface area contributed by atoms with Crippen molar-refractivity contribution >= 4 is 23.3 Å². The second-order valence-corrected chi connectivity index (χ2v) is 5.69. The van der Waals surface area contributed by atoms with E-state index in [0.717, 1.165) is 5.56 Å². The minimum absolute atomic E-state index is 0.0783. The fraction of sp³-hybridized carbons (Fsp3) is 0.278. The summed E-state index contributed by atoms with van der Waals surface area (Å²) in [5.74, 6) is 1.07. The van der Waals surface area contributed by atoms with E-state index in [2.05, 4.69) is 10.6 Å². The maximum absolute atomic E-state index is 12.1. The van der Waals surface area contributed by atoms with Gasteiger partial charge in [0, 0.05) is 0 Å². The molecule has 0 fully saturated rings. The molecule has 1 atom stereocenters. The number of ether oxygens (including phenoxy) is 2. The lowest BCUT2D eigenvalue weighted by Crippen LogP contribution is -2.31. The Morgan fingerprint density at radius 2 is 2.00 bits per heavy atom. The van der Waals surface area contributed by atoms with Gasteiger partial charge in [-0.25, -0.2) is 4.79 Å². The van der Waals surface area contributed by atoms with Gasteiger partial charge in [0.25, 0.3) is 0 Å². The number of anilines is 1. The molecule has 0 aliphatic rings. The van der Waals surface area contributed by atoms with Crippen LogP contribution in [0.4, 0.5) is 10.5 Å². The lowest BCUT2D eigenvalue weighted by atomic mass is 10.1. The van der Waals surface area contributed by atoms with Gasteiger partial charge in [-0.15, -0.1) is 0 Å². The Kier molecular flexibility index (Phi) is 6.91. The molecule has 1 unspecified atom stereocenters. The van der Waals surface area contributed by atoms with Crippen LogP contribution in [0.25, 0.3) is 0 Å². The smallest absolute Gasteiger partial charge is 0.319 e. The van der Waals surface area contributed by atoms with Crippen LogP contribution in [0.3, 0.4) is 0 Å². The summed E-state index contributed by atoms with van der Waals surface area (Å²) in [6.45, 7) is 1.96. The van der Waals surface area contributed by atoms with Crippen LogP contribution < -0.4 is 20.1 Å². The summed E-state index contributed by atoms with van der Waals surface area (Å²) in [6.07, 6.45) is 0. The number of carbonyl (C=O) groups excluding carboxylic acids is 1. The maximum Gasteiger partial charge on any atom is 0.319 e. The molecule has 0 saturated heterocycles. The molecule has 134 valence electrons. The van der Waals surface area contributed by atoms with Crippen molar-refractivity contribution in [1.29, 1.82) is 0 Å². The highest BCUT2D eigenvalue weighted by Gasteiger charge is 2.13. The molecular weight excluding hydrogens is 344 g/mol. The lowest BCUT2D eigenvalue weighted by molar-refractivity contribution is 0.196. The second-order valence-electron chi connectivity index (χ2n) is 5.28. The first-order valence-electron chi connectivity index (χ1n) is 7.78. The van der Waals surface area contributed by atoms with E-state index in [-0.39, 0.29) is 25.3 Å². The van der Waals surface area contributed by atoms with Gasteiger partial charge in [0.15, 0.2) is 11.5 Å². The Hall–Kier alpha value is -2.44. The number of hydrogen-bond donors (Lipinski definition) is 3. The molecule has 6 nitrogen and oxygen atoms in total. The van der Waals surface area contributed by atoms with E-state index in [1.54, 1.807) is 36.4 Å². The van der Waals surface area contributed by atoms with Crippen LogP contribution in [0, 0.1) is 0 Å². The average molecular weight is 365 g/mol. The molecule has 2 rings (SSSR count). The molecule has 7 heteroatoms. The summed E-state index contributed by atoms with van der Waals surface area (Å²) in [4.78, 5) is 12.1. The van der Waals surface area contributed by atoms with Crippen molar-refractivity contribution in [2.24, 2.45) is 0 Å². The Morgan fingerprint density at radius 1 is 1.24 bits per heavy atom. The maximum atomic E-state index is 12.1. The summed E-state index contributed by atoms with van der Waals surface area (Å²) in [7, 11) is 1.53. The average Bonchev–Trinajstić information content (AvgIpc) is 2.61. The molecule has 2 aromatic carbocycles. The van der Waals surface area contributed by atoms with Crippen molar-refractivity contribution in [3.05, 3.63) is 53.1 Å². The minimum Gasteiger partial charge on any atom is -0.493 e. The number of para-hydroxylation sites is 1. The van der Waals surface area contributed by atoms with Crippen molar-refractivity contribution in [3.8, 4) is 11.5 Å². The van der Waals surface area contributed by atoms with Gasteiger partial charge in [0.1, 0.15) is 6.61 Å². The van der Waals surface area contributed by atoms with E-state index in [4.69, 9.17) is 26.2 Å². The van der Waals surface area contributed by atoms with Crippen molar-refractivity contribution in [2.45, 2.75) is 13.0 Å². The predicted octanol–water partition coefficient (Wildman–Crippen LogP) is 3.60. The normalized spacial score (nSPS) is 11.5. The Balaban J connectivity index is 2.03. The summed E-state index contributed by atoms with van der Waals surface area (Å²) < 4.78 is 10.7. The molecule has 0 spiro atoms. The third kappa shape index (κ3) is 5.27. The van der Waals surface area contributed by atoms with Gasteiger partial charge in [-0.2, -0.15) is 0 Å². The quantitative estimate of drug-likeness (QED) is 0.701. The van der Waals surface area contributed by atoms with Crippen LogP contribution in [-0.2, 0) is 0 Å². The summed E-state index contributed by atoms with van der Waals surface area (Å²) in [6, 6.07) is 11.8.